The summed E-state index contributed by atoms with van der Waals surface area (Å²) in [5.74, 6) is -1.50. The Hall–Kier alpha value is -1.82. The largest absolute Gasteiger partial charge is 0.495 e. The van der Waals surface area contributed by atoms with Gasteiger partial charge in [0.2, 0.25) is 0 Å². The number of aromatic carboxylic acids is 1. The molecule has 0 aliphatic rings. The van der Waals surface area contributed by atoms with Gasteiger partial charge in [0.05, 0.1) is 12.0 Å². The Morgan fingerprint density at radius 3 is 2.56 bits per heavy atom. The van der Waals surface area contributed by atoms with Crippen LogP contribution in [-0.2, 0) is 0 Å². The molecule has 1 rings (SSSR count). The van der Waals surface area contributed by atoms with Gasteiger partial charge in [-0.1, -0.05) is 11.6 Å². The Morgan fingerprint density at radius 2 is 2.19 bits per heavy atom. The maximum absolute atomic E-state index is 11.0. The van der Waals surface area contributed by atoms with E-state index < -0.39 is 22.1 Å². The molecule has 1 N–H and O–H groups in total. The molecular formula is C9H8ClNO5. The van der Waals surface area contributed by atoms with Crippen LogP contribution in [0, 0.1) is 17.0 Å². The van der Waals surface area contributed by atoms with Gasteiger partial charge >= 0.3 is 11.7 Å². The van der Waals surface area contributed by atoms with E-state index in [9.17, 15) is 14.9 Å². The summed E-state index contributed by atoms with van der Waals surface area (Å²) in [6.07, 6.45) is 0. The van der Waals surface area contributed by atoms with Crippen LogP contribution in [0.4, 0.5) is 5.69 Å². The number of benzene rings is 1. The summed E-state index contributed by atoms with van der Waals surface area (Å²) in [6.45, 7) is 1.56. The van der Waals surface area contributed by atoms with E-state index >= 15 is 0 Å². The Labute approximate surface area is 95.6 Å². The molecule has 7 heteroatoms. The molecule has 0 atom stereocenters. The van der Waals surface area contributed by atoms with Gasteiger partial charge in [0, 0.05) is 0 Å². The Kier molecular flexibility index (Phi) is 3.34. The molecule has 0 radical (unpaired) electrons. The lowest BCUT2D eigenvalue weighted by Crippen LogP contribution is -2.07. The maximum Gasteiger partial charge on any atom is 0.346 e. The molecule has 1 aromatic carbocycles. The summed E-state index contributed by atoms with van der Waals surface area (Å²) >= 11 is 5.64. The molecule has 0 heterocycles. The number of halogens is 1. The topological polar surface area (TPSA) is 89.7 Å². The van der Waals surface area contributed by atoms with Crippen molar-refractivity contribution < 1.29 is 19.6 Å². The highest BCUT2D eigenvalue weighted by Gasteiger charge is 2.29. The molecule has 0 spiro atoms. The molecule has 0 aliphatic heterocycles. The fourth-order valence-electron chi connectivity index (χ4n) is 1.39. The summed E-state index contributed by atoms with van der Waals surface area (Å²) in [5, 5.41) is 19.4. The number of hydrogen-bond acceptors (Lipinski definition) is 4. The number of methoxy groups -OCH3 is 1. The summed E-state index contributed by atoms with van der Waals surface area (Å²) in [6, 6.07) is 1.30. The van der Waals surface area contributed by atoms with Crippen molar-refractivity contribution in [2.75, 3.05) is 7.11 Å². The van der Waals surface area contributed by atoms with Crippen molar-refractivity contribution in [3.05, 3.63) is 32.3 Å². The van der Waals surface area contributed by atoms with E-state index in [1.54, 1.807) is 6.92 Å². The third-order valence-corrected chi connectivity index (χ3v) is 2.28. The van der Waals surface area contributed by atoms with Gasteiger partial charge in [0.1, 0.15) is 10.8 Å². The molecule has 16 heavy (non-hydrogen) atoms. The predicted molar refractivity (Wildman–Crippen MR) is 56.4 cm³/mol. The third-order valence-electron chi connectivity index (χ3n) is 1.99. The minimum atomic E-state index is -1.45. The minimum Gasteiger partial charge on any atom is -0.495 e. The standard InChI is InChI=1S/C9H8ClNO5/c1-4-3-5(10)7(11(14)15)6(9(12)13)8(4)16-2/h3H,1-2H3,(H,12,13). The summed E-state index contributed by atoms with van der Waals surface area (Å²) in [5.41, 5.74) is -0.760. The number of nitro benzene ring substituents is 1. The average Bonchev–Trinajstić information content (AvgIpc) is 2.15. The van der Waals surface area contributed by atoms with Gasteiger partial charge in [0.15, 0.2) is 5.56 Å². The van der Waals surface area contributed by atoms with Crippen LogP contribution in [0.15, 0.2) is 6.07 Å². The van der Waals surface area contributed by atoms with Crippen molar-refractivity contribution >= 4 is 23.3 Å². The van der Waals surface area contributed by atoms with Crippen molar-refractivity contribution in [2.45, 2.75) is 6.92 Å². The molecule has 0 saturated carbocycles. The SMILES string of the molecule is COc1c(C)cc(Cl)c([N+](=O)[O-])c1C(=O)O. The van der Waals surface area contributed by atoms with E-state index in [-0.39, 0.29) is 10.8 Å². The van der Waals surface area contributed by atoms with E-state index in [0.29, 0.717) is 5.56 Å². The van der Waals surface area contributed by atoms with Gasteiger partial charge in [0.25, 0.3) is 0 Å². The Bertz CT molecular complexity index is 471. The van der Waals surface area contributed by atoms with Crippen LogP contribution in [0.5, 0.6) is 5.75 Å². The van der Waals surface area contributed by atoms with E-state index in [0.717, 1.165) is 0 Å². The van der Waals surface area contributed by atoms with Crippen molar-refractivity contribution in [1.29, 1.82) is 0 Å². The van der Waals surface area contributed by atoms with Crippen molar-refractivity contribution in [3.8, 4) is 5.75 Å². The lowest BCUT2D eigenvalue weighted by molar-refractivity contribution is -0.385. The van der Waals surface area contributed by atoms with Crippen LogP contribution >= 0.6 is 11.6 Å². The van der Waals surface area contributed by atoms with Gasteiger partial charge in [-0.2, -0.15) is 0 Å². The summed E-state index contributed by atoms with van der Waals surface area (Å²) in [4.78, 5) is 20.9. The highest BCUT2D eigenvalue weighted by atomic mass is 35.5. The number of rotatable bonds is 3. The minimum absolute atomic E-state index is 0.0522. The maximum atomic E-state index is 11.0. The van der Waals surface area contributed by atoms with Crippen LogP contribution < -0.4 is 4.74 Å². The van der Waals surface area contributed by atoms with Crippen LogP contribution in [0.25, 0.3) is 0 Å². The number of aryl methyl sites for hydroxylation is 1. The second-order valence-corrected chi connectivity index (χ2v) is 3.40. The van der Waals surface area contributed by atoms with Crippen molar-refractivity contribution in [2.24, 2.45) is 0 Å². The van der Waals surface area contributed by atoms with Crippen molar-refractivity contribution in [3.63, 3.8) is 0 Å². The third kappa shape index (κ3) is 1.92. The Morgan fingerprint density at radius 1 is 1.62 bits per heavy atom. The number of carbonyl (C=O) groups is 1. The second-order valence-electron chi connectivity index (χ2n) is 2.99. The van der Waals surface area contributed by atoms with Gasteiger partial charge in [-0.15, -0.1) is 0 Å². The number of carboxylic acid groups (broad SMARTS) is 1. The first-order chi connectivity index (χ1) is 7.40. The van der Waals surface area contributed by atoms with Gasteiger partial charge in [-0.05, 0) is 18.6 Å². The van der Waals surface area contributed by atoms with Crippen LogP contribution in [-0.4, -0.2) is 23.1 Å². The van der Waals surface area contributed by atoms with E-state index in [4.69, 9.17) is 21.4 Å². The normalized spacial score (nSPS) is 9.94. The summed E-state index contributed by atoms with van der Waals surface area (Å²) < 4.78 is 4.84. The number of ether oxygens (including phenoxy) is 1. The average molecular weight is 246 g/mol. The molecule has 86 valence electrons. The highest BCUT2D eigenvalue weighted by Crippen LogP contribution is 2.37. The zero-order valence-corrected chi connectivity index (χ0v) is 9.24. The molecule has 0 saturated heterocycles. The molecule has 0 aromatic heterocycles. The number of carboxylic acids is 1. The first kappa shape index (κ1) is 12.3. The monoisotopic (exact) mass is 245 g/mol. The highest BCUT2D eigenvalue weighted by molar-refractivity contribution is 6.33. The first-order valence-electron chi connectivity index (χ1n) is 4.15. The molecule has 0 unspecified atom stereocenters. The van der Waals surface area contributed by atoms with Crippen LogP contribution in [0.3, 0.4) is 0 Å². The Balaban J connectivity index is 3.72. The zero-order valence-electron chi connectivity index (χ0n) is 8.48. The molecular weight excluding hydrogens is 238 g/mol. The fraction of sp³-hybridized carbons (Fsp3) is 0.222. The van der Waals surface area contributed by atoms with Gasteiger partial charge in [-0.3, -0.25) is 10.1 Å². The van der Waals surface area contributed by atoms with Gasteiger partial charge < -0.3 is 9.84 Å². The predicted octanol–water partition coefficient (Wildman–Crippen LogP) is 2.26. The van der Waals surface area contributed by atoms with Crippen molar-refractivity contribution in [1.82, 2.24) is 0 Å². The molecule has 0 fully saturated rings. The molecule has 6 nitrogen and oxygen atoms in total. The number of hydrogen-bond donors (Lipinski definition) is 1. The van der Waals surface area contributed by atoms with Gasteiger partial charge in [-0.25, -0.2) is 4.79 Å². The molecule has 1 aromatic rings. The molecule has 0 aliphatic carbocycles. The summed E-state index contributed by atoms with van der Waals surface area (Å²) in [7, 11) is 1.24. The van der Waals surface area contributed by atoms with E-state index in [1.165, 1.54) is 13.2 Å². The zero-order chi connectivity index (χ0) is 12.5. The van der Waals surface area contributed by atoms with Crippen LogP contribution in [0.2, 0.25) is 5.02 Å². The molecule has 0 amide bonds. The number of nitro groups is 1. The second kappa shape index (κ2) is 4.36. The lowest BCUT2D eigenvalue weighted by Gasteiger charge is -2.09. The number of nitrogens with zero attached hydrogens (tertiary/aromatic N) is 1. The van der Waals surface area contributed by atoms with Crippen LogP contribution in [0.1, 0.15) is 15.9 Å². The first-order valence-corrected chi connectivity index (χ1v) is 4.52. The fourth-order valence-corrected chi connectivity index (χ4v) is 1.72. The lowest BCUT2D eigenvalue weighted by atomic mass is 10.1. The molecule has 0 bridgehead atoms. The smallest absolute Gasteiger partial charge is 0.346 e. The van der Waals surface area contributed by atoms with E-state index in [2.05, 4.69) is 0 Å². The van der Waals surface area contributed by atoms with E-state index in [1.807, 2.05) is 0 Å². The quantitative estimate of drug-likeness (QED) is 0.652.